The van der Waals surface area contributed by atoms with Crippen molar-refractivity contribution in [2.75, 3.05) is 19.8 Å². The molecule has 0 aliphatic carbocycles. The monoisotopic (exact) mass is 268 g/mol. The second kappa shape index (κ2) is 7.11. The van der Waals surface area contributed by atoms with Gasteiger partial charge in [0.2, 0.25) is 0 Å². The molecule has 0 spiro atoms. The van der Waals surface area contributed by atoms with Crippen LogP contribution in [0, 0.1) is 5.41 Å². The lowest BCUT2D eigenvalue weighted by molar-refractivity contribution is -0.153. The number of ether oxygens (including phenoxy) is 1. The largest absolute Gasteiger partial charge is 0.472 e. The highest BCUT2D eigenvalue weighted by Gasteiger charge is 2.24. The van der Waals surface area contributed by atoms with Crippen LogP contribution in [0.4, 0.5) is 0 Å². The number of hydrogen-bond acceptors (Lipinski definition) is 5. The Labute approximate surface area is 102 Å². The summed E-state index contributed by atoms with van der Waals surface area (Å²) in [6.45, 7) is 6.88. The van der Waals surface area contributed by atoms with Gasteiger partial charge in [0.05, 0.1) is 18.6 Å². The molecule has 0 rings (SSSR count). The number of hydrogen-bond donors (Lipinski definition) is 1. The van der Waals surface area contributed by atoms with Gasteiger partial charge in [0.25, 0.3) is 0 Å². The van der Waals surface area contributed by atoms with E-state index >= 15 is 0 Å². The molecule has 6 nitrogen and oxygen atoms in total. The van der Waals surface area contributed by atoms with Crippen molar-refractivity contribution in [1.29, 1.82) is 0 Å². The van der Waals surface area contributed by atoms with Crippen molar-refractivity contribution >= 4 is 13.8 Å². The maximum atomic E-state index is 11.3. The third kappa shape index (κ3) is 8.32. The zero-order chi connectivity index (χ0) is 13.5. The first-order valence-corrected chi connectivity index (χ1v) is 6.97. The average Bonchev–Trinajstić information content (AvgIpc) is 2.20. The number of phosphoric ester groups is 1. The normalized spacial score (nSPS) is 15.4. The third-order valence-corrected chi connectivity index (χ3v) is 2.66. The van der Waals surface area contributed by atoms with Crippen molar-refractivity contribution in [3.05, 3.63) is 0 Å². The smallest absolute Gasteiger partial charge is 0.463 e. The van der Waals surface area contributed by atoms with Gasteiger partial charge in [-0.1, -0.05) is 6.92 Å². The zero-order valence-electron chi connectivity index (χ0n) is 10.8. The van der Waals surface area contributed by atoms with Gasteiger partial charge in [-0.05, 0) is 27.2 Å². The third-order valence-electron chi connectivity index (χ3n) is 1.64. The van der Waals surface area contributed by atoms with E-state index in [9.17, 15) is 9.36 Å². The van der Waals surface area contributed by atoms with E-state index in [1.807, 2.05) is 6.92 Å². The molecule has 0 aromatic rings. The number of rotatable bonds is 7. The molecule has 1 N–H and O–H groups in total. The summed E-state index contributed by atoms with van der Waals surface area (Å²) in [6.07, 6.45) is 0.618. The van der Waals surface area contributed by atoms with Crippen LogP contribution in [-0.4, -0.2) is 30.7 Å². The van der Waals surface area contributed by atoms with Gasteiger partial charge in [-0.15, -0.1) is 0 Å². The second-order valence-electron chi connectivity index (χ2n) is 4.52. The number of phosphoric acid groups is 1. The quantitative estimate of drug-likeness (QED) is 0.432. The topological polar surface area (TPSA) is 82.1 Å². The second-order valence-corrected chi connectivity index (χ2v) is 5.97. The van der Waals surface area contributed by atoms with Crippen LogP contribution in [-0.2, 0) is 23.1 Å². The van der Waals surface area contributed by atoms with Gasteiger partial charge in [0.15, 0.2) is 0 Å². The van der Waals surface area contributed by atoms with Crippen LogP contribution in [0.5, 0.6) is 0 Å². The Hall–Kier alpha value is -0.420. The minimum absolute atomic E-state index is 0.0733. The van der Waals surface area contributed by atoms with Crippen LogP contribution >= 0.6 is 7.82 Å². The maximum absolute atomic E-state index is 11.3. The van der Waals surface area contributed by atoms with E-state index in [1.165, 1.54) is 0 Å². The van der Waals surface area contributed by atoms with Crippen molar-refractivity contribution in [1.82, 2.24) is 0 Å². The van der Waals surface area contributed by atoms with Crippen LogP contribution < -0.4 is 0 Å². The van der Waals surface area contributed by atoms with Crippen molar-refractivity contribution in [2.45, 2.75) is 34.1 Å². The minimum atomic E-state index is -4.00. The predicted molar refractivity (Wildman–Crippen MR) is 62.4 cm³/mol. The van der Waals surface area contributed by atoms with Gasteiger partial charge in [-0.2, -0.15) is 0 Å². The van der Waals surface area contributed by atoms with Crippen molar-refractivity contribution in [2.24, 2.45) is 5.41 Å². The van der Waals surface area contributed by atoms with Crippen LogP contribution in [0.1, 0.15) is 34.1 Å². The Morgan fingerprint density at radius 3 is 2.18 bits per heavy atom. The molecule has 0 radical (unpaired) electrons. The number of carbonyl (C=O) groups is 1. The Bertz CT molecular complexity index is 283. The summed E-state index contributed by atoms with van der Waals surface area (Å²) < 4.78 is 25.2. The van der Waals surface area contributed by atoms with Crippen molar-refractivity contribution < 1.29 is 28.0 Å². The fourth-order valence-corrected chi connectivity index (χ4v) is 1.54. The molecule has 1 atom stereocenters. The molecule has 1 unspecified atom stereocenters. The zero-order valence-corrected chi connectivity index (χ0v) is 11.7. The molecule has 0 aliphatic rings. The highest BCUT2D eigenvalue weighted by molar-refractivity contribution is 7.47. The van der Waals surface area contributed by atoms with Crippen molar-refractivity contribution in [3.63, 3.8) is 0 Å². The predicted octanol–water partition coefficient (Wildman–Crippen LogP) is 2.12. The maximum Gasteiger partial charge on any atom is 0.472 e. The molecule has 0 aromatic carbocycles. The summed E-state index contributed by atoms with van der Waals surface area (Å²) in [4.78, 5) is 20.5. The van der Waals surface area contributed by atoms with Crippen molar-refractivity contribution in [3.8, 4) is 0 Å². The fraction of sp³-hybridized carbons (Fsp3) is 0.900. The standard InChI is InChI=1S/C10H21O6P/c1-5-6-15-17(12,13)16-8-7-14-9(11)10(2,3)4/h5-8H2,1-4H3,(H,12,13). The minimum Gasteiger partial charge on any atom is -0.463 e. The molecule has 0 amide bonds. The molecule has 0 saturated heterocycles. The lowest BCUT2D eigenvalue weighted by atomic mass is 9.97. The number of carbonyl (C=O) groups excluding carboxylic acids is 1. The molecular weight excluding hydrogens is 247 g/mol. The molecule has 17 heavy (non-hydrogen) atoms. The van der Waals surface area contributed by atoms with Gasteiger partial charge in [0.1, 0.15) is 6.61 Å². The van der Waals surface area contributed by atoms with E-state index in [-0.39, 0.29) is 25.8 Å². The summed E-state index contributed by atoms with van der Waals surface area (Å²) in [5, 5.41) is 0. The summed E-state index contributed by atoms with van der Waals surface area (Å²) in [6, 6.07) is 0. The van der Waals surface area contributed by atoms with Gasteiger partial charge in [0, 0.05) is 0 Å². The Morgan fingerprint density at radius 2 is 1.71 bits per heavy atom. The molecular formula is C10H21O6P. The first kappa shape index (κ1) is 16.6. The first-order valence-electron chi connectivity index (χ1n) is 5.48. The molecule has 0 saturated carbocycles. The molecule has 102 valence electrons. The molecule has 0 fully saturated rings. The Balaban J connectivity index is 3.78. The van der Waals surface area contributed by atoms with Crippen LogP contribution in [0.3, 0.4) is 0 Å². The Morgan fingerprint density at radius 1 is 1.18 bits per heavy atom. The Kier molecular flexibility index (Phi) is 6.94. The van der Waals surface area contributed by atoms with E-state index in [0.29, 0.717) is 6.42 Å². The summed E-state index contributed by atoms with van der Waals surface area (Å²) >= 11 is 0. The van der Waals surface area contributed by atoms with E-state index in [0.717, 1.165) is 0 Å². The first-order chi connectivity index (χ1) is 7.69. The highest BCUT2D eigenvalue weighted by Crippen LogP contribution is 2.42. The summed E-state index contributed by atoms with van der Waals surface area (Å²) in [5.41, 5.74) is -0.596. The van der Waals surface area contributed by atoms with Crippen LogP contribution in [0.25, 0.3) is 0 Å². The fourth-order valence-electron chi connectivity index (χ4n) is 0.747. The highest BCUT2D eigenvalue weighted by atomic mass is 31.2. The molecule has 0 heterocycles. The lowest BCUT2D eigenvalue weighted by Gasteiger charge is -2.17. The van der Waals surface area contributed by atoms with Gasteiger partial charge in [-0.3, -0.25) is 13.8 Å². The van der Waals surface area contributed by atoms with Crippen LogP contribution in [0.2, 0.25) is 0 Å². The summed E-state index contributed by atoms with van der Waals surface area (Å²) in [7, 11) is -4.00. The van der Waals surface area contributed by atoms with Gasteiger partial charge in [-0.25, -0.2) is 4.57 Å². The van der Waals surface area contributed by atoms with Gasteiger partial charge >= 0.3 is 13.8 Å². The molecule has 0 aliphatic heterocycles. The SMILES string of the molecule is CCCOP(=O)(O)OCCOC(=O)C(C)(C)C. The van der Waals surface area contributed by atoms with Crippen LogP contribution in [0.15, 0.2) is 0 Å². The molecule has 7 heteroatoms. The summed E-state index contributed by atoms with van der Waals surface area (Å²) in [5.74, 6) is -0.386. The molecule has 0 bridgehead atoms. The van der Waals surface area contributed by atoms with E-state index in [1.54, 1.807) is 20.8 Å². The molecule has 0 aromatic heterocycles. The van der Waals surface area contributed by atoms with E-state index in [2.05, 4.69) is 9.05 Å². The number of esters is 1. The van der Waals surface area contributed by atoms with Gasteiger partial charge < -0.3 is 9.63 Å². The van der Waals surface area contributed by atoms with E-state index < -0.39 is 13.2 Å². The average molecular weight is 268 g/mol. The van der Waals surface area contributed by atoms with E-state index in [4.69, 9.17) is 9.63 Å². The lowest BCUT2D eigenvalue weighted by Crippen LogP contribution is -2.24.